The number of nitrogens with one attached hydrogen (secondary N) is 1. The van der Waals surface area contributed by atoms with Gasteiger partial charge in [0.05, 0.1) is 16.8 Å². The van der Waals surface area contributed by atoms with Crippen LogP contribution in [0.25, 0.3) is 10.9 Å². The first-order valence-corrected chi connectivity index (χ1v) is 12.6. The summed E-state index contributed by atoms with van der Waals surface area (Å²) >= 11 is 0. The maximum absolute atomic E-state index is 13.6. The van der Waals surface area contributed by atoms with E-state index in [0.717, 1.165) is 16.5 Å². The zero-order chi connectivity index (χ0) is 29.1. The van der Waals surface area contributed by atoms with Gasteiger partial charge in [0.1, 0.15) is 6.61 Å². The monoisotopic (exact) mass is 569 g/mol. The zero-order valence-electron chi connectivity index (χ0n) is 21.6. The van der Waals surface area contributed by atoms with Crippen LogP contribution in [0.3, 0.4) is 0 Å². The van der Waals surface area contributed by atoms with Gasteiger partial charge >= 0.3 is 12.4 Å². The van der Waals surface area contributed by atoms with E-state index < -0.39 is 41.0 Å². The number of amides is 1. The van der Waals surface area contributed by atoms with E-state index in [1.165, 1.54) is 4.90 Å². The molecule has 0 unspecified atom stereocenters. The van der Waals surface area contributed by atoms with Crippen LogP contribution >= 0.6 is 0 Å². The number of aromatic nitrogens is 1. The van der Waals surface area contributed by atoms with Crippen LogP contribution in [0.1, 0.15) is 34.0 Å². The van der Waals surface area contributed by atoms with Crippen molar-refractivity contribution in [3.8, 4) is 0 Å². The standard InChI is InChI=1S/C27H29F6N5O2/c1-17(36-40-9-6-34)15-37-7-8-38(22(16-37)12-19-14-35-24-5-3-2-4-23(19)24)25(39)18-10-20(26(28,29)30)13-21(11-18)27(31,32)33/h2-5,10-11,13-14,22,35H,6-9,12,15-16,34H2,1H3/b36-17-/t22-/m1/s1. The van der Waals surface area contributed by atoms with Gasteiger partial charge in [-0.25, -0.2) is 0 Å². The third kappa shape index (κ3) is 6.94. The van der Waals surface area contributed by atoms with Gasteiger partial charge in [-0.2, -0.15) is 26.3 Å². The van der Waals surface area contributed by atoms with E-state index in [0.29, 0.717) is 50.4 Å². The maximum Gasteiger partial charge on any atom is 0.416 e. The summed E-state index contributed by atoms with van der Waals surface area (Å²) < 4.78 is 80.8. The van der Waals surface area contributed by atoms with E-state index in [1.807, 2.05) is 29.2 Å². The molecule has 1 aliphatic heterocycles. The van der Waals surface area contributed by atoms with Crippen LogP contribution in [0.15, 0.2) is 53.8 Å². The summed E-state index contributed by atoms with van der Waals surface area (Å²) in [6, 6.07) is 7.96. The van der Waals surface area contributed by atoms with Crippen molar-refractivity contribution in [1.82, 2.24) is 14.8 Å². The van der Waals surface area contributed by atoms with Gasteiger partial charge in [0, 0.05) is 61.4 Å². The van der Waals surface area contributed by atoms with Crippen LogP contribution < -0.4 is 5.73 Å². The van der Waals surface area contributed by atoms with E-state index in [2.05, 4.69) is 10.1 Å². The molecule has 0 radical (unpaired) electrons. The van der Waals surface area contributed by atoms with Crippen molar-refractivity contribution in [2.24, 2.45) is 10.9 Å². The minimum Gasteiger partial charge on any atom is -0.394 e. The average molecular weight is 570 g/mol. The Balaban J connectivity index is 1.66. The molecule has 40 heavy (non-hydrogen) atoms. The second kappa shape index (κ2) is 11.9. The minimum absolute atomic E-state index is 0.0208. The Morgan fingerprint density at radius 2 is 1.75 bits per heavy atom. The van der Waals surface area contributed by atoms with Gasteiger partial charge < -0.3 is 20.5 Å². The topological polar surface area (TPSA) is 87.0 Å². The highest BCUT2D eigenvalue weighted by atomic mass is 19.4. The van der Waals surface area contributed by atoms with Crippen molar-refractivity contribution in [3.63, 3.8) is 0 Å². The van der Waals surface area contributed by atoms with Crippen LogP contribution in [0, 0.1) is 0 Å². The first kappa shape index (κ1) is 29.4. The van der Waals surface area contributed by atoms with E-state index in [-0.39, 0.29) is 19.2 Å². The molecule has 1 aromatic heterocycles. The molecule has 216 valence electrons. The number of hydrogen-bond donors (Lipinski definition) is 2. The first-order valence-electron chi connectivity index (χ1n) is 12.6. The molecule has 3 aromatic rings. The van der Waals surface area contributed by atoms with Gasteiger partial charge in [0.15, 0.2) is 0 Å². The van der Waals surface area contributed by atoms with Gasteiger partial charge in [-0.3, -0.25) is 9.69 Å². The van der Waals surface area contributed by atoms with E-state index in [9.17, 15) is 31.1 Å². The summed E-state index contributed by atoms with van der Waals surface area (Å²) in [5.41, 5.74) is 4.10. The van der Waals surface area contributed by atoms with Gasteiger partial charge in [-0.15, -0.1) is 0 Å². The Morgan fingerprint density at radius 1 is 1.07 bits per heavy atom. The van der Waals surface area contributed by atoms with Crippen LogP contribution in [-0.2, 0) is 23.6 Å². The number of alkyl halides is 6. The smallest absolute Gasteiger partial charge is 0.394 e. The molecule has 0 spiro atoms. The predicted octanol–water partition coefficient (Wildman–Crippen LogP) is 4.93. The predicted molar refractivity (Wildman–Crippen MR) is 138 cm³/mol. The molecular formula is C27H29F6N5O2. The highest BCUT2D eigenvalue weighted by Gasteiger charge is 2.39. The fraction of sp³-hybridized carbons (Fsp3) is 0.407. The lowest BCUT2D eigenvalue weighted by molar-refractivity contribution is -0.143. The number of carbonyl (C=O) groups excluding carboxylic acids is 1. The lowest BCUT2D eigenvalue weighted by atomic mass is 9.98. The number of benzene rings is 2. The molecule has 1 saturated heterocycles. The highest BCUT2D eigenvalue weighted by Crippen LogP contribution is 2.37. The van der Waals surface area contributed by atoms with Crippen LogP contribution in [0.5, 0.6) is 0 Å². The Bertz CT molecular complexity index is 1340. The van der Waals surface area contributed by atoms with Crippen molar-refractivity contribution < 1.29 is 36.0 Å². The van der Waals surface area contributed by atoms with Gasteiger partial charge in [-0.1, -0.05) is 23.4 Å². The third-order valence-corrected chi connectivity index (χ3v) is 6.67. The minimum atomic E-state index is -5.05. The fourth-order valence-corrected chi connectivity index (χ4v) is 4.86. The number of oxime groups is 1. The number of nitrogens with zero attached hydrogens (tertiary/aromatic N) is 3. The van der Waals surface area contributed by atoms with Crippen molar-refractivity contribution in [2.45, 2.75) is 31.7 Å². The Hall–Kier alpha value is -3.58. The average Bonchev–Trinajstić information content (AvgIpc) is 3.30. The Kier molecular flexibility index (Phi) is 8.74. The first-order chi connectivity index (χ1) is 18.9. The number of piperazine rings is 1. The van der Waals surface area contributed by atoms with Gasteiger partial charge in [0.25, 0.3) is 5.91 Å². The summed E-state index contributed by atoms with van der Waals surface area (Å²) in [5, 5.41) is 4.93. The number of halogens is 6. The molecule has 4 rings (SSSR count). The number of hydrogen-bond acceptors (Lipinski definition) is 5. The molecule has 1 aliphatic rings. The van der Waals surface area contributed by atoms with Crippen molar-refractivity contribution in [2.75, 3.05) is 39.3 Å². The molecule has 1 amide bonds. The number of rotatable bonds is 8. The largest absolute Gasteiger partial charge is 0.416 e. The lowest BCUT2D eigenvalue weighted by Gasteiger charge is -2.41. The van der Waals surface area contributed by atoms with Crippen LogP contribution in [-0.4, -0.2) is 71.8 Å². The van der Waals surface area contributed by atoms with Crippen molar-refractivity contribution in [3.05, 3.63) is 70.9 Å². The normalized spacial score (nSPS) is 17.4. The molecule has 7 nitrogen and oxygen atoms in total. The molecule has 0 aliphatic carbocycles. The molecule has 1 fully saturated rings. The fourth-order valence-electron chi connectivity index (χ4n) is 4.86. The Labute approximate surface area is 226 Å². The molecule has 0 saturated carbocycles. The molecule has 1 atom stereocenters. The van der Waals surface area contributed by atoms with Crippen molar-refractivity contribution >= 4 is 22.5 Å². The van der Waals surface area contributed by atoms with E-state index in [4.69, 9.17) is 10.6 Å². The van der Waals surface area contributed by atoms with Gasteiger partial charge in [-0.05, 0) is 43.2 Å². The van der Waals surface area contributed by atoms with E-state index in [1.54, 1.807) is 13.1 Å². The number of fused-ring (bicyclic) bond motifs is 1. The summed E-state index contributed by atoms with van der Waals surface area (Å²) in [7, 11) is 0. The van der Waals surface area contributed by atoms with E-state index >= 15 is 0 Å². The summed E-state index contributed by atoms with van der Waals surface area (Å²) in [5.74, 6) is -0.891. The second-order valence-corrected chi connectivity index (χ2v) is 9.69. The quantitative estimate of drug-likeness (QED) is 0.175. The zero-order valence-corrected chi connectivity index (χ0v) is 21.6. The van der Waals surface area contributed by atoms with Crippen LogP contribution in [0.2, 0.25) is 0 Å². The maximum atomic E-state index is 13.6. The SMILES string of the molecule is C/C(CN1CCN(C(=O)c2cc(C(F)(F)F)cc(C(F)(F)F)c2)[C@H](Cc2c[nH]c3ccccc23)C1)=N/OCCN. The van der Waals surface area contributed by atoms with Crippen molar-refractivity contribution in [1.29, 1.82) is 0 Å². The van der Waals surface area contributed by atoms with Crippen LogP contribution in [0.4, 0.5) is 26.3 Å². The summed E-state index contributed by atoms with van der Waals surface area (Å²) in [6.45, 7) is 3.48. The molecule has 3 N–H and O–H groups in total. The third-order valence-electron chi connectivity index (χ3n) is 6.67. The number of para-hydroxylation sites is 1. The number of carbonyl (C=O) groups is 1. The van der Waals surface area contributed by atoms with Gasteiger partial charge in [0.2, 0.25) is 0 Å². The highest BCUT2D eigenvalue weighted by molar-refractivity contribution is 5.95. The molecule has 2 aromatic carbocycles. The molecule has 0 bridgehead atoms. The lowest BCUT2D eigenvalue weighted by Crippen LogP contribution is -2.56. The summed E-state index contributed by atoms with van der Waals surface area (Å²) in [4.78, 5) is 25.2. The molecule has 2 heterocycles. The summed E-state index contributed by atoms with van der Waals surface area (Å²) in [6.07, 6.45) is -7.98. The molecular weight excluding hydrogens is 540 g/mol. The second-order valence-electron chi connectivity index (χ2n) is 9.69. The molecule has 13 heteroatoms. The number of aromatic amines is 1. The number of nitrogens with two attached hydrogens (primary N) is 1. The Morgan fingerprint density at radius 3 is 2.40 bits per heavy atom. The number of H-pyrrole nitrogens is 1.